The Balaban J connectivity index is 1.66. The van der Waals surface area contributed by atoms with Crippen molar-refractivity contribution < 1.29 is 0 Å². The van der Waals surface area contributed by atoms with Crippen LogP contribution in [0.4, 0.5) is 0 Å². The van der Waals surface area contributed by atoms with Crippen molar-refractivity contribution in [1.82, 2.24) is 0 Å². The summed E-state index contributed by atoms with van der Waals surface area (Å²) in [5, 5.41) is 3.56. The predicted octanol–water partition coefficient (Wildman–Crippen LogP) is 10.6. The lowest BCUT2D eigenvalue weighted by Crippen LogP contribution is -2.64. The summed E-state index contributed by atoms with van der Waals surface area (Å²) in [6.45, 7) is 11.7. The fraction of sp³-hybridized carbons (Fsp3) is 0.647. The molecule has 0 bridgehead atoms. The van der Waals surface area contributed by atoms with E-state index in [0.29, 0.717) is 0 Å². The second kappa shape index (κ2) is 14.8. The summed E-state index contributed by atoms with van der Waals surface area (Å²) in [4.78, 5) is 7.96. The third-order valence-corrected chi connectivity index (χ3v) is 18.5. The minimum Gasteiger partial charge on any atom is -0.149 e. The van der Waals surface area contributed by atoms with Crippen molar-refractivity contribution >= 4 is 57.0 Å². The molecule has 1 unspecified atom stereocenters. The van der Waals surface area contributed by atoms with Crippen LogP contribution in [0.25, 0.3) is 9.75 Å². The Bertz CT molecular complexity index is 1070. The second-order valence-corrected chi connectivity index (χ2v) is 19.8. The summed E-state index contributed by atoms with van der Waals surface area (Å²) in [7, 11) is -1.99. The molecule has 4 rings (SSSR count). The first-order valence-corrected chi connectivity index (χ1v) is 20.5. The molecule has 4 heterocycles. The minimum absolute atomic E-state index is 0.863. The van der Waals surface area contributed by atoms with E-state index in [2.05, 4.69) is 92.9 Å². The van der Waals surface area contributed by atoms with Crippen LogP contribution in [0, 0.1) is 19.8 Å². The van der Waals surface area contributed by atoms with E-state index in [4.69, 9.17) is 0 Å². The molecular weight excluding hydrogens is 533 g/mol. The zero-order valence-corrected chi connectivity index (χ0v) is 28.4. The van der Waals surface area contributed by atoms with Crippen molar-refractivity contribution in [3.63, 3.8) is 0 Å². The van der Waals surface area contributed by atoms with Gasteiger partial charge in [0.1, 0.15) is 0 Å². The zero-order chi connectivity index (χ0) is 27.0. The molecule has 4 heteroatoms. The maximum atomic E-state index is 2.63. The van der Waals surface area contributed by atoms with Gasteiger partial charge in [0.15, 0.2) is 8.07 Å². The molecular formula is C34H52S3Si. The minimum atomic E-state index is -1.99. The van der Waals surface area contributed by atoms with E-state index in [1.165, 1.54) is 112 Å². The van der Waals surface area contributed by atoms with Gasteiger partial charge in [0.2, 0.25) is 0 Å². The standard InChI is InChI=1S/C34H52S3Si/c1-6-9-12-14-15-17-20-29-21-22-32(37-29)38(25-28(18-11-8-3)19-16-13-10-7-2)30-23-26(4)35-33(30)34-31(38)24-27(5)36-34/h21-24,28H,6-20,25H2,1-5H3. The third kappa shape index (κ3) is 6.96. The van der Waals surface area contributed by atoms with E-state index in [1.54, 1.807) is 29.5 Å². The van der Waals surface area contributed by atoms with E-state index in [-0.39, 0.29) is 0 Å². The van der Waals surface area contributed by atoms with Crippen LogP contribution in [0.15, 0.2) is 24.3 Å². The molecule has 0 nitrogen and oxygen atoms in total. The number of unbranched alkanes of at least 4 members (excludes halogenated alkanes) is 9. The highest BCUT2D eigenvalue weighted by molar-refractivity contribution is 7.38. The van der Waals surface area contributed by atoms with Crippen LogP contribution in [0.3, 0.4) is 0 Å². The number of aryl methyl sites for hydroxylation is 3. The fourth-order valence-corrected chi connectivity index (χ4v) is 18.3. The molecule has 0 radical (unpaired) electrons. The molecule has 1 atom stereocenters. The van der Waals surface area contributed by atoms with Gasteiger partial charge in [-0.15, -0.1) is 34.0 Å². The lowest BCUT2D eigenvalue weighted by molar-refractivity contribution is 0.442. The van der Waals surface area contributed by atoms with E-state index >= 15 is 0 Å². The van der Waals surface area contributed by atoms with Crippen LogP contribution in [0.2, 0.25) is 6.04 Å². The Morgan fingerprint density at radius 3 is 1.82 bits per heavy atom. The maximum absolute atomic E-state index is 2.63. The molecule has 0 amide bonds. The molecule has 1 aliphatic heterocycles. The lowest BCUT2D eigenvalue weighted by atomic mass is 9.97. The molecule has 0 aliphatic carbocycles. The van der Waals surface area contributed by atoms with Gasteiger partial charge >= 0.3 is 0 Å². The molecule has 0 fully saturated rings. The molecule has 3 aromatic heterocycles. The van der Waals surface area contributed by atoms with Crippen molar-refractivity contribution in [3.05, 3.63) is 38.9 Å². The number of hydrogen-bond acceptors (Lipinski definition) is 3. The monoisotopic (exact) mass is 584 g/mol. The smallest absolute Gasteiger partial charge is 0.149 e. The van der Waals surface area contributed by atoms with E-state index < -0.39 is 8.07 Å². The lowest BCUT2D eigenvalue weighted by Gasteiger charge is -2.32. The SMILES string of the molecule is CCCCCCCCc1ccc([Si]2(CC(CCCC)CCCCCC)c3cc(C)sc3-c3sc(C)cc32)s1. The molecule has 1 aliphatic rings. The number of hydrogen-bond donors (Lipinski definition) is 0. The Morgan fingerprint density at radius 1 is 0.632 bits per heavy atom. The highest BCUT2D eigenvalue weighted by Gasteiger charge is 2.51. The molecule has 210 valence electrons. The second-order valence-electron chi connectivity index (χ2n) is 12.0. The van der Waals surface area contributed by atoms with Crippen molar-refractivity contribution in [2.24, 2.45) is 5.92 Å². The third-order valence-electron chi connectivity index (χ3n) is 8.72. The van der Waals surface area contributed by atoms with Crippen molar-refractivity contribution in [3.8, 4) is 9.75 Å². The molecule has 3 aromatic rings. The number of thiophene rings is 3. The van der Waals surface area contributed by atoms with Crippen LogP contribution in [0.1, 0.15) is 125 Å². The summed E-state index contributed by atoms with van der Waals surface area (Å²) in [5.41, 5.74) is 0. The summed E-state index contributed by atoms with van der Waals surface area (Å²) in [6, 6.07) is 11.8. The van der Waals surface area contributed by atoms with Gasteiger partial charge in [-0.1, -0.05) is 110 Å². The highest BCUT2D eigenvalue weighted by Crippen LogP contribution is 2.43. The van der Waals surface area contributed by atoms with E-state index in [0.717, 1.165) is 5.92 Å². The van der Waals surface area contributed by atoms with Gasteiger partial charge in [-0.25, -0.2) is 0 Å². The number of fused-ring (bicyclic) bond motifs is 3. The summed E-state index contributed by atoms with van der Waals surface area (Å²) in [6.07, 6.45) is 20.8. The number of rotatable bonds is 18. The topological polar surface area (TPSA) is 0 Å². The zero-order valence-electron chi connectivity index (χ0n) is 24.9. The van der Waals surface area contributed by atoms with Crippen LogP contribution >= 0.6 is 34.0 Å². The first-order chi connectivity index (χ1) is 18.5. The maximum Gasteiger partial charge on any atom is 0.164 e. The average Bonchev–Trinajstić information content (AvgIpc) is 3.67. The molecule has 0 saturated heterocycles. The van der Waals surface area contributed by atoms with E-state index in [1.807, 2.05) is 0 Å². The average molecular weight is 585 g/mol. The summed E-state index contributed by atoms with van der Waals surface area (Å²) < 4.78 is 1.77. The quantitative estimate of drug-likeness (QED) is 0.103. The van der Waals surface area contributed by atoms with Gasteiger partial charge < -0.3 is 0 Å². The van der Waals surface area contributed by atoms with Crippen molar-refractivity contribution in [2.75, 3.05) is 0 Å². The fourth-order valence-electron chi connectivity index (χ4n) is 6.69. The molecule has 0 aromatic carbocycles. The first-order valence-electron chi connectivity index (χ1n) is 15.8. The van der Waals surface area contributed by atoms with Crippen LogP contribution < -0.4 is 14.9 Å². The Labute approximate surface area is 247 Å². The molecule has 38 heavy (non-hydrogen) atoms. The van der Waals surface area contributed by atoms with Gasteiger partial charge in [0.25, 0.3) is 0 Å². The van der Waals surface area contributed by atoms with Gasteiger partial charge in [0.05, 0.1) is 0 Å². The van der Waals surface area contributed by atoms with Crippen LogP contribution in [-0.2, 0) is 6.42 Å². The normalized spacial score (nSPS) is 14.7. The van der Waals surface area contributed by atoms with Crippen LogP contribution in [0.5, 0.6) is 0 Å². The van der Waals surface area contributed by atoms with Crippen molar-refractivity contribution in [2.45, 2.75) is 137 Å². The van der Waals surface area contributed by atoms with Crippen LogP contribution in [-0.4, -0.2) is 8.07 Å². The summed E-state index contributed by atoms with van der Waals surface area (Å²) in [5.74, 6) is 0.863. The Kier molecular flexibility index (Phi) is 11.8. The summed E-state index contributed by atoms with van der Waals surface area (Å²) >= 11 is 6.37. The largest absolute Gasteiger partial charge is 0.164 e. The highest BCUT2D eigenvalue weighted by atomic mass is 32.1. The predicted molar refractivity (Wildman–Crippen MR) is 180 cm³/mol. The van der Waals surface area contributed by atoms with Crippen molar-refractivity contribution in [1.29, 1.82) is 0 Å². The Hall–Kier alpha value is -0.683. The first kappa shape index (κ1) is 30.3. The van der Waals surface area contributed by atoms with Gasteiger partial charge in [-0.2, -0.15) is 0 Å². The Morgan fingerprint density at radius 2 is 1.18 bits per heavy atom. The molecule has 0 N–H and O–H groups in total. The van der Waals surface area contributed by atoms with Gasteiger partial charge in [-0.3, -0.25) is 0 Å². The van der Waals surface area contributed by atoms with E-state index in [9.17, 15) is 0 Å². The molecule has 0 spiro atoms. The molecule has 0 saturated carbocycles. The van der Waals surface area contributed by atoms with Gasteiger partial charge in [-0.05, 0) is 67.2 Å². The van der Waals surface area contributed by atoms with Gasteiger partial charge in [0, 0.05) is 28.9 Å².